The third-order valence-corrected chi connectivity index (χ3v) is 4.32. The van der Waals surface area contributed by atoms with E-state index in [9.17, 15) is 9.59 Å². The highest BCUT2D eigenvalue weighted by molar-refractivity contribution is 7.11. The van der Waals surface area contributed by atoms with Crippen LogP contribution in [0.25, 0.3) is 10.9 Å². The van der Waals surface area contributed by atoms with E-state index < -0.39 is 11.8 Å². The first-order valence-corrected chi connectivity index (χ1v) is 8.21. The topological polar surface area (TPSA) is 84.0 Å². The van der Waals surface area contributed by atoms with E-state index in [0.717, 1.165) is 21.0 Å². The molecule has 3 aromatic rings. The molecule has 3 rings (SSSR count). The number of fused-ring (bicyclic) bond motifs is 1. The van der Waals surface area contributed by atoms with Gasteiger partial charge in [0.2, 0.25) is 0 Å². The average molecular weight is 340 g/mol. The molecule has 7 heteroatoms. The molecular weight excluding hydrogens is 324 g/mol. The van der Waals surface area contributed by atoms with Gasteiger partial charge in [-0.05, 0) is 26.0 Å². The molecular formula is C17H16N4O2S. The van der Waals surface area contributed by atoms with Crippen LogP contribution in [0.5, 0.6) is 0 Å². The maximum atomic E-state index is 12.1. The van der Waals surface area contributed by atoms with Gasteiger partial charge in [0.1, 0.15) is 0 Å². The number of benzene rings is 1. The van der Waals surface area contributed by atoms with E-state index in [0.29, 0.717) is 11.2 Å². The van der Waals surface area contributed by atoms with Crippen LogP contribution in [0.15, 0.2) is 36.5 Å². The second kappa shape index (κ2) is 6.76. The molecule has 1 aromatic carbocycles. The maximum absolute atomic E-state index is 12.1. The molecule has 0 unspecified atom stereocenters. The van der Waals surface area contributed by atoms with Crippen molar-refractivity contribution in [3.05, 3.63) is 52.1 Å². The number of hydrogen-bond acceptors (Lipinski definition) is 5. The van der Waals surface area contributed by atoms with Crippen molar-refractivity contribution in [1.82, 2.24) is 15.3 Å². The van der Waals surface area contributed by atoms with E-state index in [-0.39, 0.29) is 6.54 Å². The van der Waals surface area contributed by atoms with Gasteiger partial charge in [-0.15, -0.1) is 11.3 Å². The van der Waals surface area contributed by atoms with Crippen molar-refractivity contribution in [3.8, 4) is 0 Å². The summed E-state index contributed by atoms with van der Waals surface area (Å²) in [5, 5.41) is 7.04. The molecule has 0 atom stereocenters. The molecule has 0 saturated heterocycles. The van der Waals surface area contributed by atoms with E-state index in [4.69, 9.17) is 0 Å². The SMILES string of the molecule is Cc1ccc2cccc(NC(=O)C(=O)NCc3cnc(C)s3)c2n1. The fourth-order valence-electron chi connectivity index (χ4n) is 2.26. The third kappa shape index (κ3) is 3.57. The number of rotatable bonds is 3. The monoisotopic (exact) mass is 340 g/mol. The molecule has 0 saturated carbocycles. The van der Waals surface area contributed by atoms with E-state index >= 15 is 0 Å². The van der Waals surface area contributed by atoms with Crippen LogP contribution < -0.4 is 10.6 Å². The smallest absolute Gasteiger partial charge is 0.313 e. The minimum absolute atomic E-state index is 0.282. The normalized spacial score (nSPS) is 10.6. The number of amides is 2. The van der Waals surface area contributed by atoms with Crippen LogP contribution in [0.3, 0.4) is 0 Å². The molecule has 0 radical (unpaired) electrons. The summed E-state index contributed by atoms with van der Waals surface area (Å²) in [4.78, 5) is 33.5. The van der Waals surface area contributed by atoms with Gasteiger partial charge in [0.05, 0.1) is 22.8 Å². The summed E-state index contributed by atoms with van der Waals surface area (Å²) in [5.41, 5.74) is 2.02. The number of aromatic nitrogens is 2. The Morgan fingerprint density at radius 1 is 1.12 bits per heavy atom. The highest BCUT2D eigenvalue weighted by Gasteiger charge is 2.15. The minimum Gasteiger partial charge on any atom is -0.343 e. The Labute approximate surface area is 142 Å². The lowest BCUT2D eigenvalue weighted by Crippen LogP contribution is -2.34. The highest BCUT2D eigenvalue weighted by atomic mass is 32.1. The Hall–Kier alpha value is -2.80. The quantitative estimate of drug-likeness (QED) is 0.718. The number of hydrogen-bond donors (Lipinski definition) is 2. The zero-order valence-corrected chi connectivity index (χ0v) is 14.1. The van der Waals surface area contributed by atoms with Crippen molar-refractivity contribution in [1.29, 1.82) is 0 Å². The lowest BCUT2D eigenvalue weighted by molar-refractivity contribution is -0.136. The first-order valence-electron chi connectivity index (χ1n) is 7.40. The van der Waals surface area contributed by atoms with Gasteiger partial charge in [-0.1, -0.05) is 18.2 Å². The molecule has 2 N–H and O–H groups in total. The summed E-state index contributed by atoms with van der Waals surface area (Å²) >= 11 is 1.48. The molecule has 122 valence electrons. The highest BCUT2D eigenvalue weighted by Crippen LogP contribution is 2.21. The summed E-state index contributed by atoms with van der Waals surface area (Å²) in [6.07, 6.45) is 1.69. The third-order valence-electron chi connectivity index (χ3n) is 3.41. The molecule has 0 spiro atoms. The van der Waals surface area contributed by atoms with Crippen molar-refractivity contribution in [2.24, 2.45) is 0 Å². The second-order valence-corrected chi connectivity index (χ2v) is 6.63. The zero-order chi connectivity index (χ0) is 17.1. The number of para-hydroxylation sites is 1. The number of aryl methyl sites for hydroxylation is 2. The van der Waals surface area contributed by atoms with Crippen LogP contribution in [0.4, 0.5) is 5.69 Å². The van der Waals surface area contributed by atoms with Gasteiger partial charge in [-0.2, -0.15) is 0 Å². The van der Waals surface area contributed by atoms with Gasteiger partial charge in [0, 0.05) is 22.2 Å². The number of thiazole rings is 1. The van der Waals surface area contributed by atoms with Gasteiger partial charge in [-0.25, -0.2) is 4.98 Å². The number of anilines is 1. The van der Waals surface area contributed by atoms with Crippen LogP contribution in [-0.4, -0.2) is 21.8 Å². The van der Waals surface area contributed by atoms with E-state index in [1.807, 2.05) is 38.1 Å². The van der Waals surface area contributed by atoms with Crippen molar-refractivity contribution >= 4 is 39.7 Å². The van der Waals surface area contributed by atoms with Crippen LogP contribution in [0.2, 0.25) is 0 Å². The average Bonchev–Trinajstić information content (AvgIpc) is 2.98. The lowest BCUT2D eigenvalue weighted by Gasteiger charge is -2.08. The van der Waals surface area contributed by atoms with E-state index in [2.05, 4.69) is 20.6 Å². The predicted octanol–water partition coefficient (Wildman–Crippen LogP) is 2.56. The summed E-state index contributed by atoms with van der Waals surface area (Å²) < 4.78 is 0. The Balaban J connectivity index is 1.70. The van der Waals surface area contributed by atoms with Crippen molar-refractivity contribution in [2.75, 3.05) is 5.32 Å². The van der Waals surface area contributed by atoms with Crippen molar-refractivity contribution in [3.63, 3.8) is 0 Å². The summed E-state index contributed by atoms with van der Waals surface area (Å²) in [6, 6.07) is 9.28. The molecule has 2 heterocycles. The maximum Gasteiger partial charge on any atom is 0.313 e. The zero-order valence-electron chi connectivity index (χ0n) is 13.3. The van der Waals surface area contributed by atoms with Gasteiger partial charge in [-0.3, -0.25) is 14.6 Å². The Morgan fingerprint density at radius 2 is 1.96 bits per heavy atom. The second-order valence-electron chi connectivity index (χ2n) is 5.31. The molecule has 24 heavy (non-hydrogen) atoms. The first-order chi connectivity index (χ1) is 11.5. The fraction of sp³-hybridized carbons (Fsp3) is 0.176. The number of nitrogens with zero attached hydrogens (tertiary/aromatic N) is 2. The van der Waals surface area contributed by atoms with Gasteiger partial charge in [0.25, 0.3) is 0 Å². The molecule has 0 fully saturated rings. The number of carbonyl (C=O) groups excluding carboxylic acids is 2. The summed E-state index contributed by atoms with van der Waals surface area (Å²) in [6.45, 7) is 4.05. The summed E-state index contributed by atoms with van der Waals surface area (Å²) in [5.74, 6) is -1.40. The molecule has 0 aliphatic heterocycles. The first kappa shape index (κ1) is 16.1. The standard InChI is InChI=1S/C17H16N4O2S/c1-10-6-7-12-4-3-5-14(15(12)20-10)21-17(23)16(22)19-9-13-8-18-11(2)24-13/h3-8H,9H2,1-2H3,(H,19,22)(H,21,23). The fourth-order valence-corrected chi connectivity index (χ4v) is 2.99. The van der Waals surface area contributed by atoms with Crippen molar-refractivity contribution in [2.45, 2.75) is 20.4 Å². The van der Waals surface area contributed by atoms with Crippen LogP contribution in [-0.2, 0) is 16.1 Å². The van der Waals surface area contributed by atoms with Crippen LogP contribution in [0, 0.1) is 13.8 Å². The van der Waals surface area contributed by atoms with E-state index in [1.54, 1.807) is 12.3 Å². The minimum atomic E-state index is -0.716. The molecule has 0 aliphatic carbocycles. The molecule has 0 aliphatic rings. The number of pyridine rings is 1. The number of carbonyl (C=O) groups is 2. The predicted molar refractivity (Wildman–Crippen MR) is 93.8 cm³/mol. The van der Waals surface area contributed by atoms with Gasteiger partial charge in [0.15, 0.2) is 0 Å². The lowest BCUT2D eigenvalue weighted by atomic mass is 10.1. The Kier molecular flexibility index (Phi) is 4.52. The van der Waals surface area contributed by atoms with Crippen LogP contribution in [0.1, 0.15) is 15.6 Å². The molecule has 2 aromatic heterocycles. The molecule has 6 nitrogen and oxygen atoms in total. The van der Waals surface area contributed by atoms with Gasteiger partial charge < -0.3 is 10.6 Å². The largest absolute Gasteiger partial charge is 0.343 e. The Bertz CT molecular complexity index is 920. The number of nitrogens with one attached hydrogen (secondary N) is 2. The molecule has 0 bridgehead atoms. The van der Waals surface area contributed by atoms with Crippen molar-refractivity contribution < 1.29 is 9.59 Å². The van der Waals surface area contributed by atoms with Crippen LogP contribution >= 0.6 is 11.3 Å². The Morgan fingerprint density at radius 3 is 2.71 bits per heavy atom. The summed E-state index contributed by atoms with van der Waals surface area (Å²) in [7, 11) is 0. The van der Waals surface area contributed by atoms with Gasteiger partial charge >= 0.3 is 11.8 Å². The van der Waals surface area contributed by atoms with E-state index in [1.165, 1.54) is 11.3 Å². The molecule has 2 amide bonds.